The molecule has 1 saturated heterocycles. The number of rotatable bonds is 4. The molecule has 1 fully saturated rings. The molecule has 0 aromatic rings. The molecule has 0 aromatic carbocycles. The number of nitrogens with zero attached hydrogens (tertiary/aromatic N) is 1. The Balaban J connectivity index is 0.00000162. The maximum Gasteiger partial charge on any atom is 0.122 e. The Morgan fingerprint density at radius 2 is 2.05 bits per heavy atom. The average molecular weight is 310 g/mol. The van der Waals surface area contributed by atoms with Crippen molar-refractivity contribution in [2.45, 2.75) is 26.2 Å². The van der Waals surface area contributed by atoms with Crippen molar-refractivity contribution in [1.29, 1.82) is 0 Å². The number of hydrogen-bond donors (Lipinski definition) is 2. The third-order valence-electron chi connectivity index (χ3n) is 3.32. The van der Waals surface area contributed by atoms with Crippen LogP contribution < -0.4 is 11.2 Å². The maximum absolute atomic E-state index is 5.86. The number of hydrazine groups is 1. The van der Waals surface area contributed by atoms with Gasteiger partial charge >= 0.3 is 0 Å². The van der Waals surface area contributed by atoms with Gasteiger partial charge < -0.3 is 15.1 Å². The first-order chi connectivity index (χ1) is 8.31. The Morgan fingerprint density at radius 3 is 2.68 bits per heavy atom. The Kier molecular flexibility index (Phi) is 9.27. The minimum absolute atomic E-state index is 0. The number of nitrogens with one attached hydrogen (secondary N) is 1. The summed E-state index contributed by atoms with van der Waals surface area (Å²) in [4.78, 5) is 0. The highest BCUT2D eigenvalue weighted by molar-refractivity contribution is 5.85. The molecule has 2 aliphatic rings. The van der Waals surface area contributed by atoms with Gasteiger partial charge in [-0.25, -0.2) is 5.84 Å². The molecule has 0 spiro atoms. The monoisotopic (exact) mass is 309 g/mol. The predicted octanol–water partition coefficient (Wildman–Crippen LogP) is 2.21. The van der Waals surface area contributed by atoms with E-state index in [-0.39, 0.29) is 24.8 Å². The highest BCUT2D eigenvalue weighted by atomic mass is 35.5. The fourth-order valence-corrected chi connectivity index (χ4v) is 2.39. The van der Waals surface area contributed by atoms with Crippen molar-refractivity contribution in [3.8, 4) is 0 Å². The molecule has 0 aliphatic carbocycles. The number of hydrogen-bond acceptors (Lipinski definition) is 4. The summed E-state index contributed by atoms with van der Waals surface area (Å²) in [6, 6.07) is 0. The quantitative estimate of drug-likeness (QED) is 0.782. The fraction of sp³-hybridized carbons (Fsp3) is 0.692. The molecule has 0 radical (unpaired) electrons. The molecule has 0 unspecified atom stereocenters. The van der Waals surface area contributed by atoms with Crippen LogP contribution in [-0.2, 0) is 4.74 Å². The molecule has 0 saturated carbocycles. The van der Waals surface area contributed by atoms with Gasteiger partial charge in [0, 0.05) is 11.8 Å². The van der Waals surface area contributed by atoms with Crippen LogP contribution in [0.3, 0.4) is 0 Å². The number of nitrogens with two attached hydrogens (primary N) is 1. The van der Waals surface area contributed by atoms with E-state index in [1.165, 1.54) is 18.4 Å². The second-order valence-corrected chi connectivity index (χ2v) is 4.72. The smallest absolute Gasteiger partial charge is 0.122 e. The first-order valence-electron chi connectivity index (χ1n) is 6.58. The van der Waals surface area contributed by atoms with Gasteiger partial charge in [-0.05, 0) is 44.3 Å². The van der Waals surface area contributed by atoms with Gasteiger partial charge in [0.25, 0.3) is 0 Å². The van der Waals surface area contributed by atoms with Gasteiger partial charge in [-0.1, -0.05) is 6.92 Å². The van der Waals surface area contributed by atoms with Crippen LogP contribution in [0, 0.1) is 5.92 Å². The summed E-state index contributed by atoms with van der Waals surface area (Å²) in [5.41, 5.74) is 1.29. The molecule has 19 heavy (non-hydrogen) atoms. The topological polar surface area (TPSA) is 50.5 Å². The molecule has 4 nitrogen and oxygen atoms in total. The third kappa shape index (κ3) is 5.22. The molecular formula is C13H25Cl2N3O. The highest BCUT2D eigenvalue weighted by Crippen LogP contribution is 2.30. The van der Waals surface area contributed by atoms with Crippen molar-refractivity contribution >= 4 is 24.8 Å². The Labute approximate surface area is 128 Å². The number of halogens is 2. The van der Waals surface area contributed by atoms with Gasteiger partial charge in [-0.2, -0.15) is 0 Å². The van der Waals surface area contributed by atoms with Crippen LogP contribution in [0.2, 0.25) is 0 Å². The third-order valence-corrected chi connectivity index (χ3v) is 3.32. The van der Waals surface area contributed by atoms with Crippen molar-refractivity contribution in [2.24, 2.45) is 11.8 Å². The molecule has 2 aliphatic heterocycles. The zero-order valence-corrected chi connectivity index (χ0v) is 13.1. The second kappa shape index (κ2) is 9.48. The maximum atomic E-state index is 5.86. The molecular weight excluding hydrogens is 285 g/mol. The number of piperidine rings is 1. The van der Waals surface area contributed by atoms with E-state index in [1.807, 2.05) is 0 Å². The summed E-state index contributed by atoms with van der Waals surface area (Å²) < 4.78 is 5.84. The highest BCUT2D eigenvalue weighted by Gasteiger charge is 2.23. The molecule has 2 rings (SSSR count). The van der Waals surface area contributed by atoms with E-state index in [0.29, 0.717) is 5.92 Å². The number of ether oxygens (including phenoxy) is 1. The lowest BCUT2D eigenvalue weighted by Gasteiger charge is -2.30. The number of allylic oxidation sites excluding steroid dienone is 1. The van der Waals surface area contributed by atoms with Crippen LogP contribution >= 0.6 is 24.8 Å². The first-order valence-corrected chi connectivity index (χ1v) is 6.58. The normalized spacial score (nSPS) is 19.8. The fourth-order valence-electron chi connectivity index (χ4n) is 2.39. The van der Waals surface area contributed by atoms with E-state index in [9.17, 15) is 0 Å². The predicted molar refractivity (Wildman–Crippen MR) is 83.4 cm³/mol. The van der Waals surface area contributed by atoms with Crippen LogP contribution in [-0.4, -0.2) is 31.3 Å². The second-order valence-electron chi connectivity index (χ2n) is 4.72. The summed E-state index contributed by atoms with van der Waals surface area (Å²) in [6.07, 6.45) is 7.55. The molecule has 0 aromatic heterocycles. The van der Waals surface area contributed by atoms with Crippen molar-refractivity contribution in [1.82, 2.24) is 10.3 Å². The Hall–Kier alpha value is -0.420. The van der Waals surface area contributed by atoms with Crippen LogP contribution in [0.25, 0.3) is 0 Å². The summed E-state index contributed by atoms with van der Waals surface area (Å²) >= 11 is 0. The SMILES string of the molecule is CCCOC1=CCN(N)C=C1C1CCNCC1.Cl.Cl. The van der Waals surface area contributed by atoms with E-state index < -0.39 is 0 Å². The van der Waals surface area contributed by atoms with Gasteiger partial charge in [0.05, 0.1) is 13.2 Å². The zero-order chi connectivity index (χ0) is 12.1. The van der Waals surface area contributed by atoms with E-state index in [4.69, 9.17) is 10.6 Å². The molecule has 6 heteroatoms. The minimum atomic E-state index is 0. The van der Waals surface area contributed by atoms with Crippen LogP contribution in [0.4, 0.5) is 0 Å². The largest absolute Gasteiger partial charge is 0.494 e. The van der Waals surface area contributed by atoms with Gasteiger partial charge in [0.2, 0.25) is 0 Å². The molecule has 3 N–H and O–H groups in total. The van der Waals surface area contributed by atoms with Gasteiger partial charge in [0.1, 0.15) is 5.76 Å². The van der Waals surface area contributed by atoms with Crippen LogP contribution in [0.5, 0.6) is 0 Å². The van der Waals surface area contributed by atoms with Crippen molar-refractivity contribution in [2.75, 3.05) is 26.2 Å². The van der Waals surface area contributed by atoms with E-state index in [1.54, 1.807) is 5.01 Å². The zero-order valence-electron chi connectivity index (χ0n) is 11.4. The first kappa shape index (κ1) is 18.6. The van der Waals surface area contributed by atoms with Gasteiger partial charge in [-0.3, -0.25) is 0 Å². The standard InChI is InChI=1S/C13H23N3O.2ClH/c1-2-9-17-13-5-8-16(14)10-12(13)11-3-6-15-7-4-11;;/h5,10-11,15H,2-4,6-9,14H2,1H3;2*1H. The summed E-state index contributed by atoms with van der Waals surface area (Å²) in [6.45, 7) is 5.85. The summed E-state index contributed by atoms with van der Waals surface area (Å²) in [5, 5.41) is 5.14. The minimum Gasteiger partial charge on any atom is -0.494 e. The lowest BCUT2D eigenvalue weighted by molar-refractivity contribution is 0.203. The molecule has 0 atom stereocenters. The van der Waals surface area contributed by atoms with Crippen molar-refractivity contribution in [3.63, 3.8) is 0 Å². The lowest BCUT2D eigenvalue weighted by Crippen LogP contribution is -2.34. The molecule has 0 bridgehead atoms. The average Bonchev–Trinajstić information content (AvgIpc) is 2.38. The molecule has 2 heterocycles. The molecule has 0 amide bonds. The van der Waals surface area contributed by atoms with Gasteiger partial charge in [0.15, 0.2) is 0 Å². The lowest BCUT2D eigenvalue weighted by atomic mass is 9.88. The van der Waals surface area contributed by atoms with Crippen molar-refractivity contribution < 1.29 is 4.74 Å². The Morgan fingerprint density at radius 1 is 1.37 bits per heavy atom. The Bertz CT molecular complexity index is 315. The summed E-state index contributed by atoms with van der Waals surface area (Å²) in [5.74, 6) is 7.51. The van der Waals surface area contributed by atoms with E-state index in [2.05, 4.69) is 24.5 Å². The van der Waals surface area contributed by atoms with Gasteiger partial charge in [-0.15, -0.1) is 24.8 Å². The van der Waals surface area contributed by atoms with Crippen LogP contribution in [0.1, 0.15) is 26.2 Å². The van der Waals surface area contributed by atoms with E-state index >= 15 is 0 Å². The van der Waals surface area contributed by atoms with Crippen molar-refractivity contribution in [3.05, 3.63) is 23.6 Å². The molecule has 112 valence electrons. The van der Waals surface area contributed by atoms with Crippen LogP contribution in [0.15, 0.2) is 23.6 Å². The summed E-state index contributed by atoms with van der Waals surface area (Å²) in [7, 11) is 0. The van der Waals surface area contributed by atoms with E-state index in [0.717, 1.165) is 38.4 Å².